The van der Waals surface area contributed by atoms with Crippen molar-refractivity contribution >= 4 is 28.8 Å². The van der Waals surface area contributed by atoms with E-state index < -0.39 is 0 Å². The largest absolute Gasteiger partial charge is 0.307 e. The molecule has 0 amide bonds. The summed E-state index contributed by atoms with van der Waals surface area (Å²) in [5, 5.41) is 12.7. The topological polar surface area (TPSA) is 76.0 Å². The van der Waals surface area contributed by atoms with Gasteiger partial charge in [0.2, 0.25) is 0 Å². The number of H-pyrrole nitrogens is 1. The molecule has 2 aliphatic carbocycles. The van der Waals surface area contributed by atoms with Crippen molar-refractivity contribution in [3.05, 3.63) is 54.5 Å². The van der Waals surface area contributed by atoms with Crippen LogP contribution in [-0.4, -0.2) is 15.2 Å². The second-order valence-electron chi connectivity index (χ2n) is 7.03. The molecule has 0 spiro atoms. The van der Waals surface area contributed by atoms with Crippen molar-refractivity contribution in [2.75, 3.05) is 0 Å². The number of hydrogen-bond donors (Lipinski definition) is 1. The highest BCUT2D eigenvalue weighted by Crippen LogP contribution is 2.63. The summed E-state index contributed by atoms with van der Waals surface area (Å²) in [6, 6.07) is 7.01. The van der Waals surface area contributed by atoms with E-state index in [1.165, 1.54) is 30.6 Å². The quantitative estimate of drug-likeness (QED) is 0.649. The number of nitrogens with one attached hydrogen (secondary N) is 1. The van der Waals surface area contributed by atoms with Crippen LogP contribution in [0.2, 0.25) is 0 Å². The number of rotatable bonds is 2. The van der Waals surface area contributed by atoms with Crippen LogP contribution in [0.25, 0.3) is 0 Å². The molecule has 0 radical (unpaired) electrons. The first kappa shape index (κ1) is 14.7. The summed E-state index contributed by atoms with van der Waals surface area (Å²) in [6.45, 7) is 0. The third-order valence-electron chi connectivity index (χ3n) is 5.91. The number of non-ortho nitro benzene ring substituents is 1. The van der Waals surface area contributed by atoms with Crippen molar-refractivity contribution in [3.63, 3.8) is 0 Å². The van der Waals surface area contributed by atoms with Crippen LogP contribution in [0.3, 0.4) is 0 Å². The molecule has 0 saturated heterocycles. The minimum Gasteiger partial charge on any atom is -0.307 e. The molecule has 1 aliphatic heterocycles. The molecule has 3 aliphatic rings. The predicted molar refractivity (Wildman–Crippen MR) is 93.8 cm³/mol. The van der Waals surface area contributed by atoms with Crippen LogP contribution in [-0.2, 0) is 0 Å². The fourth-order valence-electron chi connectivity index (χ4n) is 5.05. The van der Waals surface area contributed by atoms with Crippen molar-refractivity contribution in [2.45, 2.75) is 35.5 Å². The first-order chi connectivity index (χ1) is 11.6. The molecule has 1 aromatic carbocycles. The highest BCUT2D eigenvalue weighted by molar-refractivity contribution is 8.00. The van der Waals surface area contributed by atoms with Crippen molar-refractivity contribution in [1.82, 2.24) is 4.98 Å². The molecule has 2 bridgehead atoms. The van der Waals surface area contributed by atoms with Crippen LogP contribution in [0, 0.1) is 27.9 Å². The Morgan fingerprint density at radius 1 is 1.25 bits per heavy atom. The maximum Gasteiger partial charge on any atom is 0.305 e. The van der Waals surface area contributed by atoms with E-state index in [9.17, 15) is 14.9 Å². The van der Waals surface area contributed by atoms with Gasteiger partial charge in [-0.15, -0.1) is 11.8 Å². The lowest BCUT2D eigenvalue weighted by Gasteiger charge is -2.40. The lowest BCUT2D eigenvalue weighted by atomic mass is 9.75. The summed E-state index contributed by atoms with van der Waals surface area (Å²) in [7, 11) is 0. The van der Waals surface area contributed by atoms with Gasteiger partial charge in [0.15, 0.2) is 0 Å². The molecule has 124 valence electrons. The van der Waals surface area contributed by atoms with Gasteiger partial charge in [-0.3, -0.25) is 14.9 Å². The summed E-state index contributed by atoms with van der Waals surface area (Å²) in [4.78, 5) is 26.9. The van der Waals surface area contributed by atoms with Crippen molar-refractivity contribution in [3.8, 4) is 0 Å². The molecule has 5 rings (SSSR count). The number of aromatic amines is 1. The SMILES string of the molecule is O=c1[nH]c2c(s1)[C@@H](c1cccc([N+](=O)[O-])c1)[C@@H]1[C@H]3CC[C@@H](C3)[C@H]1S2. The molecule has 0 unspecified atom stereocenters. The second kappa shape index (κ2) is 5.20. The van der Waals surface area contributed by atoms with Crippen molar-refractivity contribution in [1.29, 1.82) is 0 Å². The van der Waals surface area contributed by atoms with E-state index in [4.69, 9.17) is 0 Å². The lowest BCUT2D eigenvalue weighted by molar-refractivity contribution is -0.384. The van der Waals surface area contributed by atoms with Gasteiger partial charge in [0, 0.05) is 28.2 Å². The number of nitro benzene ring substituents is 1. The third kappa shape index (κ3) is 2.04. The number of fused-ring (bicyclic) bond motifs is 6. The molecule has 5 nitrogen and oxygen atoms in total. The van der Waals surface area contributed by atoms with Crippen molar-refractivity contribution < 1.29 is 4.92 Å². The molecule has 5 atom stereocenters. The Hall–Kier alpha value is -1.60. The highest BCUT2D eigenvalue weighted by Gasteiger charge is 2.54. The zero-order valence-electron chi connectivity index (χ0n) is 12.8. The minimum atomic E-state index is -0.333. The van der Waals surface area contributed by atoms with Crippen molar-refractivity contribution in [2.24, 2.45) is 17.8 Å². The fraction of sp³-hybridized carbons (Fsp3) is 0.471. The van der Waals surface area contributed by atoms with Gasteiger partial charge < -0.3 is 4.98 Å². The van der Waals surface area contributed by atoms with Crippen LogP contribution in [0.5, 0.6) is 0 Å². The number of thioether (sulfide) groups is 1. The first-order valence-electron chi connectivity index (χ1n) is 8.26. The molecule has 2 heterocycles. The lowest BCUT2D eigenvalue weighted by Crippen LogP contribution is -2.33. The van der Waals surface area contributed by atoms with Gasteiger partial charge in [-0.2, -0.15) is 0 Å². The Kier molecular flexibility index (Phi) is 3.19. The van der Waals surface area contributed by atoms with Gasteiger partial charge >= 0.3 is 4.87 Å². The smallest absolute Gasteiger partial charge is 0.305 e. The Morgan fingerprint density at radius 3 is 2.92 bits per heavy atom. The molecular formula is C17H16N2O3S2. The van der Waals surface area contributed by atoms with Crippen LogP contribution >= 0.6 is 23.1 Å². The van der Waals surface area contributed by atoms with Crippen LogP contribution in [0.1, 0.15) is 35.6 Å². The van der Waals surface area contributed by atoms with E-state index in [1.807, 2.05) is 17.8 Å². The zero-order chi connectivity index (χ0) is 16.4. The maximum atomic E-state index is 11.9. The Morgan fingerprint density at radius 2 is 2.08 bits per heavy atom. The van der Waals surface area contributed by atoms with Gasteiger partial charge in [0.05, 0.1) is 9.95 Å². The molecule has 2 fully saturated rings. The van der Waals surface area contributed by atoms with Crippen LogP contribution < -0.4 is 4.87 Å². The molecule has 2 saturated carbocycles. The van der Waals surface area contributed by atoms with Gasteiger partial charge in [-0.05, 0) is 42.6 Å². The number of hydrogen-bond acceptors (Lipinski definition) is 5. The average Bonchev–Trinajstić information content (AvgIpc) is 3.26. The van der Waals surface area contributed by atoms with Gasteiger partial charge in [0.1, 0.15) is 0 Å². The molecule has 7 heteroatoms. The normalized spacial score (nSPS) is 33.2. The van der Waals surface area contributed by atoms with Crippen LogP contribution in [0.15, 0.2) is 34.1 Å². The van der Waals surface area contributed by atoms with E-state index in [0.29, 0.717) is 17.1 Å². The molecule has 1 N–H and O–H groups in total. The highest BCUT2D eigenvalue weighted by atomic mass is 32.2. The van der Waals surface area contributed by atoms with Gasteiger partial charge in [0.25, 0.3) is 5.69 Å². The predicted octanol–water partition coefficient (Wildman–Crippen LogP) is 4.00. The number of aromatic nitrogens is 1. The monoisotopic (exact) mass is 360 g/mol. The molecule has 24 heavy (non-hydrogen) atoms. The third-order valence-corrected chi connectivity index (χ3v) is 8.53. The van der Waals surface area contributed by atoms with E-state index in [1.54, 1.807) is 18.2 Å². The van der Waals surface area contributed by atoms with Crippen LogP contribution in [0.4, 0.5) is 5.69 Å². The Bertz CT molecular complexity index is 890. The van der Waals surface area contributed by atoms with Gasteiger partial charge in [-0.25, -0.2) is 0 Å². The maximum absolute atomic E-state index is 11.9. The van der Waals surface area contributed by atoms with E-state index in [2.05, 4.69) is 4.98 Å². The summed E-state index contributed by atoms with van der Waals surface area (Å²) in [6.07, 6.45) is 3.81. The number of nitrogens with zero attached hydrogens (tertiary/aromatic N) is 1. The van der Waals surface area contributed by atoms with E-state index in [0.717, 1.165) is 21.4 Å². The average molecular weight is 360 g/mol. The Labute approximate surface area is 146 Å². The number of thiazole rings is 1. The number of benzene rings is 1. The summed E-state index contributed by atoms with van der Waals surface area (Å²) in [5.74, 6) is 2.02. The van der Waals surface area contributed by atoms with E-state index >= 15 is 0 Å². The van der Waals surface area contributed by atoms with E-state index in [-0.39, 0.29) is 21.4 Å². The molecule has 1 aromatic heterocycles. The van der Waals surface area contributed by atoms with Gasteiger partial charge in [-0.1, -0.05) is 23.5 Å². The summed E-state index contributed by atoms with van der Waals surface area (Å²) < 4.78 is 0. The second-order valence-corrected chi connectivity index (χ2v) is 9.23. The number of nitro groups is 1. The fourth-order valence-corrected chi connectivity index (χ4v) is 7.95. The molecular weight excluding hydrogens is 344 g/mol. The zero-order valence-corrected chi connectivity index (χ0v) is 14.4. The minimum absolute atomic E-state index is 0.0183. The first-order valence-corrected chi connectivity index (χ1v) is 9.95. The molecule has 2 aromatic rings. The standard InChI is InChI=1S/C17H16N2O3S2/c20-17-18-16-15(24-17)13(8-2-1-3-11(7-8)19(21)22)12-9-4-5-10(6-9)14(12)23-16/h1-3,7,9-10,12-14H,4-6H2,(H,18,20)/t9-,10-,12-,13-,14+/m0/s1. The summed E-state index contributed by atoms with van der Waals surface area (Å²) >= 11 is 3.12. The Balaban J connectivity index is 1.68. The summed E-state index contributed by atoms with van der Waals surface area (Å²) in [5.41, 5.74) is 1.12.